The lowest BCUT2D eigenvalue weighted by molar-refractivity contribution is -0.127. The van der Waals surface area contributed by atoms with E-state index < -0.39 is 5.41 Å². The minimum Gasteiger partial charge on any atom is -0.494 e. The number of likely N-dealkylation sites (tertiary alicyclic amines) is 1. The van der Waals surface area contributed by atoms with Crippen molar-refractivity contribution in [2.24, 2.45) is 0 Å². The fraction of sp³-hybridized carbons (Fsp3) is 0.375. The average molecular weight is 558 g/mol. The van der Waals surface area contributed by atoms with Gasteiger partial charge in [-0.1, -0.05) is 36.4 Å². The van der Waals surface area contributed by atoms with Crippen molar-refractivity contribution in [2.45, 2.75) is 30.8 Å². The Morgan fingerprint density at radius 3 is 2.61 bits per heavy atom. The second kappa shape index (κ2) is 11.0. The number of carbonyl (C=O) groups excluding carboxylic acids is 2. The predicted molar refractivity (Wildman–Crippen MR) is 154 cm³/mol. The van der Waals surface area contributed by atoms with Crippen LogP contribution in [0.3, 0.4) is 0 Å². The summed E-state index contributed by atoms with van der Waals surface area (Å²) in [6.45, 7) is 2.12. The highest BCUT2D eigenvalue weighted by molar-refractivity contribution is 6.11. The Bertz CT molecular complexity index is 1480. The van der Waals surface area contributed by atoms with Crippen molar-refractivity contribution < 1.29 is 28.5 Å². The first-order valence-electron chi connectivity index (χ1n) is 13.9. The quantitative estimate of drug-likeness (QED) is 0.510. The number of benzene rings is 3. The largest absolute Gasteiger partial charge is 0.494 e. The zero-order valence-corrected chi connectivity index (χ0v) is 23.6. The maximum Gasteiger partial charge on any atom is 0.240 e. The molecule has 0 unspecified atom stereocenters. The van der Waals surface area contributed by atoms with E-state index in [0.29, 0.717) is 56.3 Å². The monoisotopic (exact) mass is 557 g/mol. The first-order chi connectivity index (χ1) is 20.0. The molecule has 3 aliphatic heterocycles. The van der Waals surface area contributed by atoms with Gasteiger partial charge in [-0.2, -0.15) is 0 Å². The third kappa shape index (κ3) is 4.44. The molecule has 0 aliphatic carbocycles. The Morgan fingerprint density at radius 2 is 1.80 bits per heavy atom. The van der Waals surface area contributed by atoms with Crippen LogP contribution in [0.15, 0.2) is 60.7 Å². The summed E-state index contributed by atoms with van der Waals surface area (Å²) in [5.74, 6) is 2.23. The highest BCUT2D eigenvalue weighted by Crippen LogP contribution is 2.57. The third-order valence-electron chi connectivity index (χ3n) is 8.47. The molecule has 3 aromatic rings. The Balaban J connectivity index is 1.50. The molecule has 0 saturated carbocycles. The van der Waals surface area contributed by atoms with E-state index >= 15 is 0 Å². The summed E-state index contributed by atoms with van der Waals surface area (Å²) in [5, 5.41) is 2.95. The van der Waals surface area contributed by atoms with E-state index in [0.717, 1.165) is 28.1 Å². The van der Waals surface area contributed by atoms with E-state index in [4.69, 9.17) is 18.9 Å². The number of carbonyl (C=O) groups is 2. The summed E-state index contributed by atoms with van der Waals surface area (Å²) < 4.78 is 23.1. The minimum atomic E-state index is -0.872. The van der Waals surface area contributed by atoms with Gasteiger partial charge in [-0.25, -0.2) is 0 Å². The number of fused-ring (bicyclic) bond motifs is 6. The number of methoxy groups -OCH3 is 3. The van der Waals surface area contributed by atoms with Crippen molar-refractivity contribution in [3.8, 4) is 23.0 Å². The number of nitrogens with one attached hydrogen (secondary N) is 1. The molecule has 9 nitrogen and oxygen atoms in total. The third-order valence-corrected chi connectivity index (χ3v) is 8.47. The number of amides is 2. The number of para-hydroxylation sites is 1. The zero-order chi connectivity index (χ0) is 28.6. The lowest BCUT2D eigenvalue weighted by Crippen LogP contribution is -2.47. The molecule has 1 spiro atoms. The van der Waals surface area contributed by atoms with Crippen LogP contribution in [0.25, 0.3) is 0 Å². The van der Waals surface area contributed by atoms with Gasteiger partial charge in [0.25, 0.3) is 0 Å². The zero-order valence-electron chi connectivity index (χ0n) is 23.6. The van der Waals surface area contributed by atoms with Crippen molar-refractivity contribution >= 4 is 17.5 Å². The van der Waals surface area contributed by atoms with E-state index in [1.165, 1.54) is 0 Å². The Morgan fingerprint density at radius 1 is 0.976 bits per heavy atom. The van der Waals surface area contributed by atoms with Crippen molar-refractivity contribution in [1.29, 1.82) is 0 Å². The summed E-state index contributed by atoms with van der Waals surface area (Å²) >= 11 is 0. The fourth-order valence-electron chi connectivity index (χ4n) is 6.75. The Hall–Kier alpha value is -4.24. The molecular weight excluding hydrogens is 522 g/mol. The first-order valence-corrected chi connectivity index (χ1v) is 13.9. The molecule has 0 aromatic heterocycles. The molecule has 1 saturated heterocycles. The summed E-state index contributed by atoms with van der Waals surface area (Å²) in [4.78, 5) is 31.6. The Kier molecular flexibility index (Phi) is 7.21. The van der Waals surface area contributed by atoms with Crippen molar-refractivity contribution in [3.63, 3.8) is 0 Å². The highest BCUT2D eigenvalue weighted by Gasteiger charge is 2.60. The molecule has 6 rings (SSSR count). The second-order valence-corrected chi connectivity index (χ2v) is 10.6. The predicted octanol–water partition coefficient (Wildman–Crippen LogP) is 3.84. The number of nitrogens with zero attached hydrogens (tertiary/aromatic N) is 2. The SMILES string of the molecule is COc1ccc(CN2CC[C@]34C(=O)N(CC(=O)NCCCOc5cccc(c5)[C@H]23)c2ccccc24)c(OC)c1OC. The molecular formula is C32H35N3O6. The smallest absolute Gasteiger partial charge is 0.240 e. The van der Waals surface area contributed by atoms with E-state index in [2.05, 4.69) is 22.3 Å². The molecule has 41 heavy (non-hydrogen) atoms. The number of rotatable bonds is 5. The van der Waals surface area contributed by atoms with E-state index in [1.807, 2.05) is 48.5 Å². The molecule has 4 bridgehead atoms. The molecule has 1 fully saturated rings. The number of anilines is 1. The van der Waals surface area contributed by atoms with Gasteiger partial charge in [-0.15, -0.1) is 0 Å². The lowest BCUT2D eigenvalue weighted by Gasteiger charge is -2.35. The minimum absolute atomic E-state index is 0.0191. The van der Waals surface area contributed by atoms with Crippen LogP contribution in [-0.2, 0) is 21.5 Å². The summed E-state index contributed by atoms with van der Waals surface area (Å²) in [5.41, 5.74) is 2.79. The average Bonchev–Trinajstić information content (AvgIpc) is 3.48. The van der Waals surface area contributed by atoms with Crippen LogP contribution in [0.5, 0.6) is 23.0 Å². The number of hydrogen-bond donors (Lipinski definition) is 1. The van der Waals surface area contributed by atoms with E-state index in [-0.39, 0.29) is 24.4 Å². The summed E-state index contributed by atoms with van der Waals surface area (Å²) in [7, 11) is 4.81. The van der Waals surface area contributed by atoms with Gasteiger partial charge < -0.3 is 29.2 Å². The van der Waals surface area contributed by atoms with Crippen LogP contribution < -0.4 is 29.2 Å². The normalized spacial score (nSPS) is 22.2. The van der Waals surface area contributed by atoms with Gasteiger partial charge in [-0.3, -0.25) is 14.5 Å². The number of hydrogen-bond acceptors (Lipinski definition) is 7. The summed E-state index contributed by atoms with van der Waals surface area (Å²) in [6, 6.07) is 19.5. The first kappa shape index (κ1) is 27.0. The highest BCUT2D eigenvalue weighted by atomic mass is 16.5. The van der Waals surface area contributed by atoms with Gasteiger partial charge in [0.05, 0.1) is 39.4 Å². The van der Waals surface area contributed by atoms with Gasteiger partial charge in [-0.05, 0) is 48.2 Å². The number of ether oxygens (including phenoxy) is 4. The van der Waals surface area contributed by atoms with E-state index in [1.54, 1.807) is 26.2 Å². The molecule has 3 aliphatic rings. The van der Waals surface area contributed by atoms with Crippen molar-refractivity contribution in [1.82, 2.24) is 10.2 Å². The molecule has 1 N–H and O–H groups in total. The molecule has 3 heterocycles. The van der Waals surface area contributed by atoms with Gasteiger partial charge in [0.2, 0.25) is 17.6 Å². The Labute approximate surface area is 239 Å². The van der Waals surface area contributed by atoms with Crippen molar-refractivity contribution in [3.05, 3.63) is 77.4 Å². The van der Waals surface area contributed by atoms with Gasteiger partial charge in [0.15, 0.2) is 11.5 Å². The molecule has 3 aromatic carbocycles. The van der Waals surface area contributed by atoms with Crippen LogP contribution in [0, 0.1) is 0 Å². The van der Waals surface area contributed by atoms with E-state index in [9.17, 15) is 9.59 Å². The van der Waals surface area contributed by atoms with Crippen LogP contribution in [0.2, 0.25) is 0 Å². The van der Waals surface area contributed by atoms with Crippen molar-refractivity contribution in [2.75, 3.05) is 52.5 Å². The molecule has 2 atom stereocenters. The van der Waals surface area contributed by atoms with Crippen LogP contribution in [0.4, 0.5) is 5.69 Å². The van der Waals surface area contributed by atoms with Crippen LogP contribution in [-0.4, -0.2) is 64.3 Å². The molecule has 2 amide bonds. The fourth-order valence-corrected chi connectivity index (χ4v) is 6.75. The maximum atomic E-state index is 14.6. The molecule has 0 radical (unpaired) electrons. The topological polar surface area (TPSA) is 89.6 Å². The second-order valence-electron chi connectivity index (χ2n) is 10.6. The standard InChI is InChI=1S/C32H35N3O6/c1-38-26-13-12-22(28(39-2)29(26)40-3)19-34-16-14-32-24-10-4-5-11-25(24)35(31(32)37)20-27(36)33-15-7-17-41-23-9-6-8-21(18-23)30(32)34/h4-6,8-13,18,30H,7,14-17,19-20H2,1-3H3,(H,33,36)/t30-,32+/m0/s1. The van der Waals surface area contributed by atoms with Gasteiger partial charge in [0, 0.05) is 30.9 Å². The lowest BCUT2D eigenvalue weighted by atomic mass is 9.72. The van der Waals surface area contributed by atoms with Crippen LogP contribution >= 0.6 is 0 Å². The maximum absolute atomic E-state index is 14.6. The molecule has 9 heteroatoms. The van der Waals surface area contributed by atoms with Gasteiger partial charge in [0.1, 0.15) is 12.3 Å². The van der Waals surface area contributed by atoms with Gasteiger partial charge >= 0.3 is 0 Å². The summed E-state index contributed by atoms with van der Waals surface area (Å²) in [6.07, 6.45) is 1.27. The molecule has 214 valence electrons. The van der Waals surface area contributed by atoms with Crippen LogP contribution in [0.1, 0.15) is 35.6 Å².